The summed E-state index contributed by atoms with van der Waals surface area (Å²) in [6.45, 7) is 4.10. The lowest BCUT2D eigenvalue weighted by atomic mass is 9.98. The molecule has 3 rings (SSSR count). The van der Waals surface area contributed by atoms with Crippen molar-refractivity contribution in [3.05, 3.63) is 58.6 Å². The summed E-state index contributed by atoms with van der Waals surface area (Å²) in [5.41, 5.74) is 1.45. The Kier molecular flexibility index (Phi) is 4.81. The highest BCUT2D eigenvalue weighted by molar-refractivity contribution is 9.10. The lowest BCUT2D eigenvalue weighted by molar-refractivity contribution is -0.122. The third-order valence-electron chi connectivity index (χ3n) is 4.06. The van der Waals surface area contributed by atoms with Crippen molar-refractivity contribution >= 4 is 39.2 Å². The number of esters is 1. The molecule has 0 saturated heterocycles. The molecule has 0 radical (unpaired) electrons. The second kappa shape index (κ2) is 6.88. The molecule has 2 aromatic rings. The van der Waals surface area contributed by atoms with Crippen LogP contribution in [0.3, 0.4) is 0 Å². The predicted molar refractivity (Wildman–Crippen MR) is 101 cm³/mol. The molecule has 0 saturated carbocycles. The second-order valence-corrected chi connectivity index (χ2v) is 7.19. The molecule has 1 aliphatic rings. The maximum absolute atomic E-state index is 12.7. The Bertz CT molecular complexity index is 820. The van der Waals surface area contributed by atoms with E-state index in [9.17, 15) is 9.59 Å². The number of para-hydroxylation sites is 2. The number of hydrogen-bond donors (Lipinski definition) is 1. The molecule has 0 atom stereocenters. The van der Waals surface area contributed by atoms with Gasteiger partial charge in [-0.25, -0.2) is 4.79 Å². The number of fused-ring (bicyclic) bond motifs is 1. The number of hydrogen-bond acceptors (Lipinski definition) is 4. The molecule has 0 fully saturated rings. The molecule has 5 nitrogen and oxygen atoms in total. The number of halogens is 1. The number of anilines is 2. The highest BCUT2D eigenvalue weighted by Gasteiger charge is 2.38. The highest BCUT2D eigenvalue weighted by Crippen LogP contribution is 2.34. The van der Waals surface area contributed by atoms with Gasteiger partial charge in [0.1, 0.15) is 12.1 Å². The van der Waals surface area contributed by atoms with Gasteiger partial charge in [-0.2, -0.15) is 0 Å². The molecular formula is C19H19BrN2O3. The summed E-state index contributed by atoms with van der Waals surface area (Å²) in [7, 11) is 0. The van der Waals surface area contributed by atoms with Crippen molar-refractivity contribution < 1.29 is 14.3 Å². The first-order valence-corrected chi connectivity index (χ1v) is 8.80. The zero-order valence-corrected chi connectivity index (χ0v) is 15.7. The summed E-state index contributed by atoms with van der Waals surface area (Å²) >= 11 is 3.34. The van der Waals surface area contributed by atoms with Crippen molar-refractivity contribution in [2.75, 3.05) is 23.4 Å². The van der Waals surface area contributed by atoms with E-state index in [2.05, 4.69) is 21.2 Å². The lowest BCUT2D eigenvalue weighted by Crippen LogP contribution is -2.54. The van der Waals surface area contributed by atoms with Gasteiger partial charge in [0.15, 0.2) is 0 Å². The highest BCUT2D eigenvalue weighted by atomic mass is 79.9. The Balaban J connectivity index is 1.71. The molecule has 6 heteroatoms. The minimum absolute atomic E-state index is 0.0526. The van der Waals surface area contributed by atoms with Gasteiger partial charge in [-0.05, 0) is 54.0 Å². The molecule has 130 valence electrons. The molecule has 0 unspecified atom stereocenters. The fraction of sp³-hybridized carbons (Fsp3) is 0.263. The molecule has 0 aliphatic carbocycles. The van der Waals surface area contributed by atoms with E-state index in [0.29, 0.717) is 16.6 Å². The van der Waals surface area contributed by atoms with E-state index in [4.69, 9.17) is 4.74 Å². The van der Waals surface area contributed by atoms with Crippen molar-refractivity contribution in [1.82, 2.24) is 0 Å². The molecule has 1 N–H and O–H groups in total. The van der Waals surface area contributed by atoms with E-state index in [1.54, 1.807) is 23.1 Å². The minimum atomic E-state index is -0.708. The number of carbonyl (C=O) groups is 2. The summed E-state index contributed by atoms with van der Waals surface area (Å²) in [5.74, 6) is -0.467. The normalized spacial score (nSPS) is 15.3. The first-order valence-electron chi connectivity index (χ1n) is 8.01. The van der Waals surface area contributed by atoms with E-state index in [1.165, 1.54) is 0 Å². The monoisotopic (exact) mass is 402 g/mol. The molecule has 1 heterocycles. The zero-order valence-electron chi connectivity index (χ0n) is 14.1. The SMILES string of the molecule is CC1(C)Nc2ccccc2N(CCOC(=O)c2ccccc2Br)C1=O. The van der Waals surface area contributed by atoms with E-state index in [-0.39, 0.29) is 12.5 Å². The second-order valence-electron chi connectivity index (χ2n) is 6.34. The van der Waals surface area contributed by atoms with Crippen LogP contribution in [-0.4, -0.2) is 30.6 Å². The number of amides is 1. The van der Waals surface area contributed by atoms with Crippen LogP contribution in [0.25, 0.3) is 0 Å². The van der Waals surface area contributed by atoms with Crippen molar-refractivity contribution in [3.8, 4) is 0 Å². The quantitative estimate of drug-likeness (QED) is 0.789. The summed E-state index contributed by atoms with van der Waals surface area (Å²) in [4.78, 5) is 26.6. The van der Waals surface area contributed by atoms with E-state index in [0.717, 1.165) is 11.4 Å². The third-order valence-corrected chi connectivity index (χ3v) is 4.76. The first kappa shape index (κ1) is 17.5. The molecule has 2 aromatic carbocycles. The van der Waals surface area contributed by atoms with Gasteiger partial charge in [-0.15, -0.1) is 0 Å². The number of nitrogens with one attached hydrogen (secondary N) is 1. The third kappa shape index (κ3) is 3.54. The van der Waals surface area contributed by atoms with Gasteiger partial charge in [0.2, 0.25) is 0 Å². The summed E-state index contributed by atoms with van der Waals surface area (Å²) in [5, 5.41) is 3.24. The van der Waals surface area contributed by atoms with Gasteiger partial charge in [0, 0.05) is 4.47 Å². The Labute approximate surface area is 155 Å². The van der Waals surface area contributed by atoms with Gasteiger partial charge in [0.05, 0.1) is 23.5 Å². The molecule has 1 amide bonds. The standard InChI is InChI=1S/C19H19BrN2O3/c1-19(2)18(24)22(16-10-6-5-9-15(16)21-19)11-12-25-17(23)13-7-3-4-8-14(13)20/h3-10,21H,11-12H2,1-2H3. The Hall–Kier alpha value is -2.34. The maximum Gasteiger partial charge on any atom is 0.339 e. The van der Waals surface area contributed by atoms with Crippen LogP contribution >= 0.6 is 15.9 Å². The van der Waals surface area contributed by atoms with E-state index < -0.39 is 11.5 Å². The van der Waals surface area contributed by atoms with Crippen LogP contribution in [0, 0.1) is 0 Å². The van der Waals surface area contributed by atoms with Crippen LogP contribution in [0.4, 0.5) is 11.4 Å². The van der Waals surface area contributed by atoms with E-state index >= 15 is 0 Å². The van der Waals surface area contributed by atoms with Crippen LogP contribution in [0.2, 0.25) is 0 Å². The number of benzene rings is 2. The fourth-order valence-electron chi connectivity index (χ4n) is 2.81. The topological polar surface area (TPSA) is 58.6 Å². The fourth-order valence-corrected chi connectivity index (χ4v) is 3.25. The molecule has 0 bridgehead atoms. The summed E-state index contributed by atoms with van der Waals surface area (Å²) < 4.78 is 6.04. The lowest BCUT2D eigenvalue weighted by Gasteiger charge is -2.39. The largest absolute Gasteiger partial charge is 0.460 e. The molecule has 25 heavy (non-hydrogen) atoms. The van der Waals surface area contributed by atoms with Gasteiger partial charge in [-0.1, -0.05) is 24.3 Å². The number of ether oxygens (including phenoxy) is 1. The average molecular weight is 403 g/mol. The molecule has 1 aliphatic heterocycles. The molecule has 0 aromatic heterocycles. The number of carbonyl (C=O) groups excluding carboxylic acids is 2. The number of nitrogens with zero attached hydrogens (tertiary/aromatic N) is 1. The smallest absolute Gasteiger partial charge is 0.339 e. The van der Waals surface area contributed by atoms with Crippen LogP contribution in [0.1, 0.15) is 24.2 Å². The van der Waals surface area contributed by atoms with E-state index in [1.807, 2.05) is 44.2 Å². The molecule has 0 spiro atoms. The first-order chi connectivity index (χ1) is 11.9. The maximum atomic E-state index is 12.7. The zero-order chi connectivity index (χ0) is 18.0. The van der Waals surface area contributed by atoms with Crippen LogP contribution in [0.5, 0.6) is 0 Å². The Morgan fingerprint density at radius 1 is 1.16 bits per heavy atom. The summed E-state index contributed by atoms with van der Waals surface area (Å²) in [6.07, 6.45) is 0. The number of rotatable bonds is 4. The van der Waals surface area contributed by atoms with Gasteiger partial charge >= 0.3 is 5.97 Å². The van der Waals surface area contributed by atoms with Crippen molar-refractivity contribution in [2.24, 2.45) is 0 Å². The predicted octanol–water partition coefficient (Wildman–Crippen LogP) is 3.84. The van der Waals surface area contributed by atoms with Gasteiger partial charge in [-0.3, -0.25) is 4.79 Å². The van der Waals surface area contributed by atoms with Crippen molar-refractivity contribution in [1.29, 1.82) is 0 Å². The van der Waals surface area contributed by atoms with Crippen LogP contribution < -0.4 is 10.2 Å². The van der Waals surface area contributed by atoms with Crippen LogP contribution in [0.15, 0.2) is 53.0 Å². The van der Waals surface area contributed by atoms with Crippen molar-refractivity contribution in [3.63, 3.8) is 0 Å². The van der Waals surface area contributed by atoms with Crippen LogP contribution in [-0.2, 0) is 9.53 Å². The Morgan fingerprint density at radius 3 is 2.60 bits per heavy atom. The van der Waals surface area contributed by atoms with Crippen molar-refractivity contribution in [2.45, 2.75) is 19.4 Å². The minimum Gasteiger partial charge on any atom is -0.460 e. The Morgan fingerprint density at radius 2 is 1.84 bits per heavy atom. The van der Waals surface area contributed by atoms with Gasteiger partial charge < -0.3 is 15.0 Å². The average Bonchev–Trinajstić information content (AvgIpc) is 2.58. The summed E-state index contributed by atoms with van der Waals surface area (Å²) in [6, 6.07) is 14.7. The van der Waals surface area contributed by atoms with Gasteiger partial charge in [0.25, 0.3) is 5.91 Å². The molecular weight excluding hydrogens is 384 g/mol.